The molecule has 0 atom stereocenters. The Balaban J connectivity index is 2.68. The van der Waals surface area contributed by atoms with E-state index in [0.29, 0.717) is 5.82 Å². The standard InChI is InChI=1S/C10H17ClN4O2S/c1-7-8(2)14-10(9(11)13-7)12-5-6-18(16,17)15(3)4/h5-6H2,1-4H3,(H,12,14). The number of hydrogen-bond donors (Lipinski definition) is 1. The number of sulfonamides is 1. The van der Waals surface area contributed by atoms with Gasteiger partial charge in [0, 0.05) is 20.6 Å². The average molecular weight is 293 g/mol. The first-order valence-corrected chi connectivity index (χ1v) is 7.37. The second kappa shape index (κ2) is 5.81. The lowest BCUT2D eigenvalue weighted by molar-refractivity contribution is 0.521. The Labute approximate surface area is 112 Å². The summed E-state index contributed by atoms with van der Waals surface area (Å²) < 4.78 is 24.3. The molecule has 0 aliphatic rings. The van der Waals surface area contributed by atoms with Crippen LogP contribution in [0.25, 0.3) is 0 Å². The molecule has 0 unspecified atom stereocenters. The lowest BCUT2D eigenvalue weighted by atomic mass is 10.3. The minimum Gasteiger partial charge on any atom is -0.366 e. The molecule has 6 nitrogen and oxygen atoms in total. The molecule has 0 saturated heterocycles. The SMILES string of the molecule is Cc1nc(Cl)c(NCCS(=O)(=O)N(C)C)nc1C. The molecule has 1 aromatic heterocycles. The molecule has 18 heavy (non-hydrogen) atoms. The molecule has 1 rings (SSSR count). The number of nitrogens with zero attached hydrogens (tertiary/aromatic N) is 3. The van der Waals surface area contributed by atoms with Crippen molar-refractivity contribution in [3.63, 3.8) is 0 Å². The van der Waals surface area contributed by atoms with Gasteiger partial charge in [-0.1, -0.05) is 11.6 Å². The van der Waals surface area contributed by atoms with Gasteiger partial charge in [-0.3, -0.25) is 0 Å². The Hall–Kier alpha value is -0.920. The Kier molecular flexibility index (Phi) is 4.89. The fourth-order valence-corrected chi connectivity index (χ4v) is 2.13. The van der Waals surface area contributed by atoms with Gasteiger partial charge in [0.15, 0.2) is 11.0 Å². The maximum atomic E-state index is 11.5. The van der Waals surface area contributed by atoms with Gasteiger partial charge in [0.1, 0.15) is 0 Å². The molecule has 1 heterocycles. The molecule has 0 aliphatic heterocycles. The summed E-state index contributed by atoms with van der Waals surface area (Å²) in [5.74, 6) is 0.388. The quantitative estimate of drug-likeness (QED) is 0.878. The Morgan fingerprint density at radius 3 is 2.33 bits per heavy atom. The van der Waals surface area contributed by atoms with E-state index in [2.05, 4.69) is 15.3 Å². The maximum Gasteiger partial charge on any atom is 0.215 e. The van der Waals surface area contributed by atoms with Gasteiger partial charge in [-0.05, 0) is 13.8 Å². The summed E-state index contributed by atoms with van der Waals surface area (Å²) in [5, 5.41) is 3.13. The third-order valence-corrected chi connectivity index (χ3v) is 4.57. The third-order valence-electron chi connectivity index (χ3n) is 2.47. The molecule has 0 radical (unpaired) electrons. The van der Waals surface area contributed by atoms with Crippen LogP contribution in [-0.2, 0) is 10.0 Å². The van der Waals surface area contributed by atoms with Crippen molar-refractivity contribution in [2.75, 3.05) is 31.7 Å². The summed E-state index contributed by atoms with van der Waals surface area (Å²) >= 11 is 5.92. The maximum absolute atomic E-state index is 11.5. The zero-order chi connectivity index (χ0) is 13.9. The number of hydrogen-bond acceptors (Lipinski definition) is 5. The molecule has 1 aromatic rings. The molecular formula is C10H17ClN4O2S. The molecule has 0 spiro atoms. The average Bonchev–Trinajstić information content (AvgIpc) is 2.25. The summed E-state index contributed by atoms with van der Waals surface area (Å²) in [4.78, 5) is 8.33. The number of anilines is 1. The van der Waals surface area contributed by atoms with E-state index in [1.807, 2.05) is 13.8 Å². The molecule has 0 aliphatic carbocycles. The minimum absolute atomic E-state index is 0.0229. The Bertz CT molecular complexity index is 531. The minimum atomic E-state index is -3.22. The van der Waals surface area contributed by atoms with Crippen LogP contribution < -0.4 is 5.32 Å². The second-order valence-corrected chi connectivity index (χ2v) is 6.72. The third kappa shape index (κ3) is 3.79. The monoisotopic (exact) mass is 292 g/mol. The van der Waals surface area contributed by atoms with Gasteiger partial charge in [0.2, 0.25) is 10.0 Å². The van der Waals surface area contributed by atoms with Gasteiger partial charge < -0.3 is 5.32 Å². The predicted molar refractivity (Wildman–Crippen MR) is 72.5 cm³/mol. The van der Waals surface area contributed by atoms with E-state index in [4.69, 9.17) is 11.6 Å². The van der Waals surface area contributed by atoms with Crippen LogP contribution in [-0.4, -0.2) is 49.1 Å². The van der Waals surface area contributed by atoms with Crippen molar-refractivity contribution in [2.24, 2.45) is 0 Å². The first-order valence-electron chi connectivity index (χ1n) is 5.39. The Morgan fingerprint density at radius 2 is 1.78 bits per heavy atom. The smallest absolute Gasteiger partial charge is 0.215 e. The van der Waals surface area contributed by atoms with Crippen molar-refractivity contribution >= 4 is 27.4 Å². The molecule has 8 heteroatoms. The van der Waals surface area contributed by atoms with Crippen molar-refractivity contribution in [1.82, 2.24) is 14.3 Å². The highest BCUT2D eigenvalue weighted by Crippen LogP contribution is 2.18. The lowest BCUT2D eigenvalue weighted by Gasteiger charge is -2.12. The molecule has 0 amide bonds. The molecule has 0 fully saturated rings. The summed E-state index contributed by atoms with van der Waals surface area (Å²) in [5.41, 5.74) is 1.52. The number of halogens is 1. The van der Waals surface area contributed by atoms with Crippen LogP contribution in [0, 0.1) is 13.8 Å². The van der Waals surface area contributed by atoms with Gasteiger partial charge >= 0.3 is 0 Å². The molecule has 0 saturated carbocycles. The highest BCUT2D eigenvalue weighted by Gasteiger charge is 2.14. The summed E-state index contributed by atoms with van der Waals surface area (Å²) in [6.45, 7) is 3.87. The van der Waals surface area contributed by atoms with Crippen molar-refractivity contribution < 1.29 is 8.42 Å². The lowest BCUT2D eigenvalue weighted by Crippen LogP contribution is -2.28. The number of aromatic nitrogens is 2. The topological polar surface area (TPSA) is 75.2 Å². The predicted octanol–water partition coefficient (Wildman–Crippen LogP) is 1.05. The summed E-state index contributed by atoms with van der Waals surface area (Å²) in [6.07, 6.45) is 0. The second-order valence-electron chi connectivity index (χ2n) is 4.06. The van der Waals surface area contributed by atoms with Crippen LogP contribution in [0.3, 0.4) is 0 Å². The van der Waals surface area contributed by atoms with E-state index >= 15 is 0 Å². The molecule has 1 N–H and O–H groups in total. The van der Waals surface area contributed by atoms with Crippen LogP contribution >= 0.6 is 11.6 Å². The van der Waals surface area contributed by atoms with Crippen LogP contribution in [0.4, 0.5) is 5.82 Å². The van der Waals surface area contributed by atoms with Crippen molar-refractivity contribution in [3.8, 4) is 0 Å². The van der Waals surface area contributed by atoms with Gasteiger partial charge in [-0.15, -0.1) is 0 Å². The van der Waals surface area contributed by atoms with Crippen LogP contribution in [0.1, 0.15) is 11.4 Å². The Morgan fingerprint density at radius 1 is 1.22 bits per heavy atom. The number of rotatable bonds is 5. The van der Waals surface area contributed by atoms with E-state index in [9.17, 15) is 8.42 Å². The number of aryl methyl sites for hydroxylation is 2. The largest absolute Gasteiger partial charge is 0.366 e. The van der Waals surface area contributed by atoms with Crippen molar-refractivity contribution in [1.29, 1.82) is 0 Å². The number of nitrogens with one attached hydrogen (secondary N) is 1. The zero-order valence-corrected chi connectivity index (χ0v) is 12.4. The van der Waals surface area contributed by atoms with E-state index in [-0.39, 0.29) is 17.5 Å². The van der Waals surface area contributed by atoms with E-state index < -0.39 is 10.0 Å². The van der Waals surface area contributed by atoms with E-state index in [1.54, 1.807) is 0 Å². The summed E-state index contributed by atoms with van der Waals surface area (Å²) in [6, 6.07) is 0. The van der Waals surface area contributed by atoms with Crippen LogP contribution in [0.15, 0.2) is 0 Å². The van der Waals surface area contributed by atoms with Gasteiger partial charge in [-0.25, -0.2) is 22.7 Å². The summed E-state index contributed by atoms with van der Waals surface area (Å²) in [7, 11) is -0.224. The first-order chi connectivity index (χ1) is 8.24. The molecular weight excluding hydrogens is 276 g/mol. The fraction of sp³-hybridized carbons (Fsp3) is 0.600. The fourth-order valence-electron chi connectivity index (χ4n) is 1.17. The normalized spacial score (nSPS) is 11.9. The van der Waals surface area contributed by atoms with Gasteiger partial charge in [0.25, 0.3) is 0 Å². The van der Waals surface area contributed by atoms with Crippen LogP contribution in [0.5, 0.6) is 0 Å². The van der Waals surface area contributed by atoms with E-state index in [1.165, 1.54) is 18.4 Å². The highest BCUT2D eigenvalue weighted by molar-refractivity contribution is 7.89. The first kappa shape index (κ1) is 15.1. The molecule has 102 valence electrons. The van der Waals surface area contributed by atoms with Crippen molar-refractivity contribution in [3.05, 3.63) is 16.5 Å². The van der Waals surface area contributed by atoms with Crippen molar-refractivity contribution in [2.45, 2.75) is 13.8 Å². The van der Waals surface area contributed by atoms with Crippen LogP contribution in [0.2, 0.25) is 5.15 Å². The molecule has 0 aromatic carbocycles. The zero-order valence-electron chi connectivity index (χ0n) is 10.9. The molecule has 0 bridgehead atoms. The van der Waals surface area contributed by atoms with Gasteiger partial charge in [0.05, 0.1) is 17.1 Å². The highest BCUT2D eigenvalue weighted by atomic mass is 35.5. The van der Waals surface area contributed by atoms with Gasteiger partial charge in [-0.2, -0.15) is 0 Å². The van der Waals surface area contributed by atoms with E-state index in [0.717, 1.165) is 11.4 Å².